The number of nitrogens with one attached hydrogen (secondary N) is 2. The molecule has 0 aliphatic carbocycles. The highest BCUT2D eigenvalue weighted by molar-refractivity contribution is 6.31. The van der Waals surface area contributed by atoms with Crippen LogP contribution in [0.2, 0.25) is 5.02 Å². The van der Waals surface area contributed by atoms with Crippen LogP contribution in [0.5, 0.6) is 11.5 Å². The van der Waals surface area contributed by atoms with Crippen LogP contribution in [-0.4, -0.2) is 38.7 Å². The molecule has 142 valence electrons. The number of rotatable bonds is 5. The Hall–Kier alpha value is -2.93. The van der Waals surface area contributed by atoms with E-state index in [9.17, 15) is 9.59 Å². The van der Waals surface area contributed by atoms with Gasteiger partial charge in [-0.2, -0.15) is 0 Å². The second-order valence-corrected chi connectivity index (χ2v) is 6.49. The molecule has 2 aromatic rings. The fourth-order valence-corrected chi connectivity index (χ4v) is 3.13. The van der Waals surface area contributed by atoms with Crippen molar-refractivity contribution in [2.24, 2.45) is 0 Å². The van der Waals surface area contributed by atoms with E-state index < -0.39 is 6.03 Å². The molecule has 0 aromatic heterocycles. The normalized spacial score (nSPS) is 16.2. The van der Waals surface area contributed by atoms with Gasteiger partial charge < -0.3 is 25.0 Å². The van der Waals surface area contributed by atoms with Crippen molar-refractivity contribution < 1.29 is 19.1 Å². The second kappa shape index (κ2) is 8.18. The van der Waals surface area contributed by atoms with Crippen LogP contribution in [-0.2, 0) is 4.79 Å². The summed E-state index contributed by atoms with van der Waals surface area (Å²) in [6.07, 6.45) is 0.220. The molecule has 1 fully saturated rings. The van der Waals surface area contributed by atoms with E-state index in [1.165, 1.54) is 7.11 Å². The molecule has 0 radical (unpaired) electrons. The van der Waals surface area contributed by atoms with E-state index in [2.05, 4.69) is 10.6 Å². The first-order valence-corrected chi connectivity index (χ1v) is 8.73. The van der Waals surface area contributed by atoms with Crippen molar-refractivity contribution in [1.82, 2.24) is 5.32 Å². The SMILES string of the molecule is COc1cccc(N2C[C@@H](NC(=O)Nc3cc(Cl)ccc3OC)CC2=O)c1. The third-order valence-corrected chi connectivity index (χ3v) is 4.47. The maximum absolute atomic E-state index is 12.3. The lowest BCUT2D eigenvalue weighted by Gasteiger charge is -2.18. The molecule has 1 atom stereocenters. The van der Waals surface area contributed by atoms with E-state index in [1.807, 2.05) is 18.2 Å². The van der Waals surface area contributed by atoms with Gasteiger partial charge in [0.15, 0.2) is 0 Å². The maximum atomic E-state index is 12.3. The Kier molecular flexibility index (Phi) is 5.71. The predicted octanol–water partition coefficient (Wildman–Crippen LogP) is 3.28. The van der Waals surface area contributed by atoms with Crippen molar-refractivity contribution in [1.29, 1.82) is 0 Å². The third-order valence-electron chi connectivity index (χ3n) is 4.23. The van der Waals surface area contributed by atoms with Crippen LogP contribution in [0.15, 0.2) is 42.5 Å². The van der Waals surface area contributed by atoms with Crippen molar-refractivity contribution in [3.63, 3.8) is 0 Å². The Morgan fingerprint density at radius 2 is 2.00 bits per heavy atom. The molecular weight excluding hydrogens is 370 g/mol. The summed E-state index contributed by atoms with van der Waals surface area (Å²) in [4.78, 5) is 26.3. The van der Waals surface area contributed by atoms with Crippen LogP contribution in [0.4, 0.5) is 16.2 Å². The monoisotopic (exact) mass is 389 g/mol. The predicted molar refractivity (Wildman–Crippen MR) is 104 cm³/mol. The molecule has 0 saturated carbocycles. The molecular formula is C19H20ClN3O4. The minimum atomic E-state index is -0.430. The zero-order chi connectivity index (χ0) is 19.4. The van der Waals surface area contributed by atoms with Gasteiger partial charge in [-0.1, -0.05) is 17.7 Å². The van der Waals surface area contributed by atoms with Gasteiger partial charge in [-0.05, 0) is 30.3 Å². The maximum Gasteiger partial charge on any atom is 0.319 e. The molecule has 0 spiro atoms. The number of halogens is 1. The van der Waals surface area contributed by atoms with Crippen LogP contribution in [0.3, 0.4) is 0 Å². The van der Waals surface area contributed by atoms with Crippen molar-refractivity contribution in [2.45, 2.75) is 12.5 Å². The van der Waals surface area contributed by atoms with E-state index in [0.717, 1.165) is 5.69 Å². The summed E-state index contributed by atoms with van der Waals surface area (Å²) in [6, 6.07) is 11.5. The third kappa shape index (κ3) is 4.43. The molecule has 0 bridgehead atoms. The molecule has 3 rings (SSSR count). The van der Waals surface area contributed by atoms with E-state index in [1.54, 1.807) is 36.3 Å². The van der Waals surface area contributed by atoms with Crippen LogP contribution >= 0.6 is 11.6 Å². The lowest BCUT2D eigenvalue weighted by Crippen LogP contribution is -2.39. The molecule has 2 N–H and O–H groups in total. The molecule has 2 aromatic carbocycles. The fraction of sp³-hybridized carbons (Fsp3) is 0.263. The summed E-state index contributed by atoms with van der Waals surface area (Å²) in [5, 5.41) is 6.00. The Balaban J connectivity index is 1.64. The topological polar surface area (TPSA) is 79.9 Å². The highest BCUT2D eigenvalue weighted by atomic mass is 35.5. The average molecular weight is 390 g/mol. The Morgan fingerprint density at radius 1 is 1.19 bits per heavy atom. The summed E-state index contributed by atoms with van der Waals surface area (Å²) < 4.78 is 10.4. The molecule has 7 nitrogen and oxygen atoms in total. The van der Waals surface area contributed by atoms with Gasteiger partial charge in [0.05, 0.1) is 25.9 Å². The quantitative estimate of drug-likeness (QED) is 0.822. The Bertz CT molecular complexity index is 859. The minimum Gasteiger partial charge on any atom is -0.497 e. The van der Waals surface area contributed by atoms with Crippen molar-refractivity contribution >= 4 is 34.9 Å². The Labute approximate surface area is 162 Å². The molecule has 1 saturated heterocycles. The van der Waals surface area contributed by atoms with E-state index in [0.29, 0.717) is 28.8 Å². The van der Waals surface area contributed by atoms with Gasteiger partial charge in [-0.15, -0.1) is 0 Å². The van der Waals surface area contributed by atoms with Gasteiger partial charge in [-0.3, -0.25) is 4.79 Å². The van der Waals surface area contributed by atoms with Crippen LogP contribution in [0.25, 0.3) is 0 Å². The number of methoxy groups -OCH3 is 2. The zero-order valence-electron chi connectivity index (χ0n) is 15.0. The molecule has 1 aliphatic rings. The number of nitrogens with zero attached hydrogens (tertiary/aromatic N) is 1. The molecule has 0 unspecified atom stereocenters. The van der Waals surface area contributed by atoms with Gasteiger partial charge in [0.2, 0.25) is 5.91 Å². The summed E-state index contributed by atoms with van der Waals surface area (Å²) >= 11 is 5.97. The number of anilines is 2. The lowest BCUT2D eigenvalue weighted by molar-refractivity contribution is -0.117. The first-order chi connectivity index (χ1) is 13.0. The summed E-state index contributed by atoms with van der Waals surface area (Å²) in [6.45, 7) is 0.381. The minimum absolute atomic E-state index is 0.0612. The lowest BCUT2D eigenvalue weighted by atomic mass is 10.2. The number of urea groups is 1. The van der Waals surface area contributed by atoms with Crippen molar-refractivity contribution in [3.05, 3.63) is 47.5 Å². The molecule has 8 heteroatoms. The number of ether oxygens (including phenoxy) is 2. The van der Waals surface area contributed by atoms with Gasteiger partial charge in [-0.25, -0.2) is 4.79 Å². The average Bonchev–Trinajstić information content (AvgIpc) is 3.02. The molecule has 3 amide bonds. The van der Waals surface area contributed by atoms with Gasteiger partial charge >= 0.3 is 6.03 Å². The van der Waals surface area contributed by atoms with E-state index in [-0.39, 0.29) is 18.4 Å². The Morgan fingerprint density at radius 3 is 2.74 bits per heavy atom. The summed E-state index contributed by atoms with van der Waals surface area (Å²) in [7, 11) is 3.08. The van der Waals surface area contributed by atoms with Gasteiger partial charge in [0.25, 0.3) is 0 Å². The van der Waals surface area contributed by atoms with E-state index >= 15 is 0 Å². The van der Waals surface area contributed by atoms with Crippen molar-refractivity contribution in [2.75, 3.05) is 31.0 Å². The standard InChI is InChI=1S/C19H20ClN3O4/c1-26-15-5-3-4-14(10-15)23-11-13(9-18(23)24)21-19(25)22-16-8-12(20)6-7-17(16)27-2/h3-8,10,13H,9,11H2,1-2H3,(H2,21,22,25)/t13-/m0/s1. The number of benzene rings is 2. The molecule has 27 heavy (non-hydrogen) atoms. The van der Waals surface area contributed by atoms with Gasteiger partial charge in [0.1, 0.15) is 11.5 Å². The number of carbonyl (C=O) groups is 2. The van der Waals surface area contributed by atoms with Crippen LogP contribution in [0, 0.1) is 0 Å². The number of hydrogen-bond acceptors (Lipinski definition) is 4. The highest BCUT2D eigenvalue weighted by Crippen LogP contribution is 2.28. The molecule has 1 aliphatic heterocycles. The largest absolute Gasteiger partial charge is 0.497 e. The van der Waals surface area contributed by atoms with Crippen LogP contribution < -0.4 is 25.0 Å². The summed E-state index contributed by atoms with van der Waals surface area (Å²) in [5.41, 5.74) is 1.19. The summed E-state index contributed by atoms with van der Waals surface area (Å²) in [5.74, 6) is 1.10. The first kappa shape index (κ1) is 18.8. The number of amides is 3. The fourth-order valence-electron chi connectivity index (χ4n) is 2.95. The number of carbonyl (C=O) groups excluding carboxylic acids is 2. The highest BCUT2D eigenvalue weighted by Gasteiger charge is 2.31. The molecule has 1 heterocycles. The van der Waals surface area contributed by atoms with Crippen LogP contribution in [0.1, 0.15) is 6.42 Å². The smallest absolute Gasteiger partial charge is 0.319 e. The van der Waals surface area contributed by atoms with E-state index in [4.69, 9.17) is 21.1 Å². The second-order valence-electron chi connectivity index (χ2n) is 6.05. The first-order valence-electron chi connectivity index (χ1n) is 8.35. The van der Waals surface area contributed by atoms with Crippen molar-refractivity contribution in [3.8, 4) is 11.5 Å². The zero-order valence-corrected chi connectivity index (χ0v) is 15.7. The number of hydrogen-bond donors (Lipinski definition) is 2. The van der Waals surface area contributed by atoms with Gasteiger partial charge in [0, 0.05) is 29.7 Å².